The summed E-state index contributed by atoms with van der Waals surface area (Å²) in [5, 5.41) is 9.53. The van der Waals surface area contributed by atoms with Crippen LogP contribution in [0.4, 0.5) is 0 Å². The summed E-state index contributed by atoms with van der Waals surface area (Å²) in [6.07, 6.45) is 2.77. The van der Waals surface area contributed by atoms with Gasteiger partial charge < -0.3 is 9.84 Å². The number of ether oxygens (including phenoxy) is 1. The molecule has 1 N–H and O–H groups in total. The minimum atomic E-state index is 0.123. The SMILES string of the molecule is Oc1cccc(Oc2ncncc2Cl)c1. The summed E-state index contributed by atoms with van der Waals surface area (Å²) >= 11 is 5.80. The maximum Gasteiger partial charge on any atom is 0.241 e. The largest absolute Gasteiger partial charge is 0.508 e. The van der Waals surface area contributed by atoms with Gasteiger partial charge in [0.2, 0.25) is 5.88 Å². The van der Waals surface area contributed by atoms with Crippen LogP contribution < -0.4 is 4.74 Å². The molecule has 0 spiro atoms. The number of benzene rings is 1. The Bertz CT molecular complexity index is 476. The first-order valence-electron chi connectivity index (χ1n) is 4.18. The lowest BCUT2D eigenvalue weighted by atomic mass is 10.3. The van der Waals surface area contributed by atoms with Gasteiger partial charge in [-0.05, 0) is 12.1 Å². The maximum absolute atomic E-state index is 9.21. The average molecular weight is 223 g/mol. The Hall–Kier alpha value is -1.81. The van der Waals surface area contributed by atoms with Gasteiger partial charge in [0.05, 0.1) is 6.20 Å². The lowest BCUT2D eigenvalue weighted by Gasteiger charge is -2.05. The molecule has 2 rings (SSSR count). The normalized spacial score (nSPS) is 9.93. The van der Waals surface area contributed by atoms with Crippen molar-refractivity contribution in [1.29, 1.82) is 0 Å². The molecule has 2 aromatic rings. The average Bonchev–Trinajstić information content (AvgIpc) is 2.22. The second-order valence-electron chi connectivity index (χ2n) is 2.78. The molecule has 15 heavy (non-hydrogen) atoms. The number of rotatable bonds is 2. The first kappa shape index (κ1) is 9.73. The van der Waals surface area contributed by atoms with E-state index in [2.05, 4.69) is 9.97 Å². The molecule has 0 saturated carbocycles. The fourth-order valence-electron chi connectivity index (χ4n) is 1.04. The molecule has 0 unspecified atom stereocenters. The standard InChI is InChI=1S/C10H7ClN2O2/c11-9-5-12-6-13-10(9)15-8-3-1-2-7(14)4-8/h1-6,14H. The molecule has 76 valence electrons. The van der Waals surface area contributed by atoms with Crippen molar-refractivity contribution in [1.82, 2.24) is 9.97 Å². The molecule has 0 amide bonds. The van der Waals surface area contributed by atoms with Crippen molar-refractivity contribution in [3.63, 3.8) is 0 Å². The highest BCUT2D eigenvalue weighted by molar-refractivity contribution is 6.31. The molecule has 0 aliphatic heterocycles. The Morgan fingerprint density at radius 2 is 2.20 bits per heavy atom. The third kappa shape index (κ3) is 2.35. The summed E-state index contributed by atoms with van der Waals surface area (Å²) < 4.78 is 5.35. The van der Waals surface area contributed by atoms with E-state index in [9.17, 15) is 5.11 Å². The lowest BCUT2D eigenvalue weighted by Crippen LogP contribution is -1.89. The Morgan fingerprint density at radius 1 is 1.33 bits per heavy atom. The number of aromatic nitrogens is 2. The quantitative estimate of drug-likeness (QED) is 0.849. The van der Waals surface area contributed by atoms with E-state index in [0.717, 1.165) is 0 Å². The molecule has 0 fully saturated rings. The van der Waals surface area contributed by atoms with Crippen LogP contribution in [0, 0.1) is 0 Å². The summed E-state index contributed by atoms with van der Waals surface area (Å²) in [6.45, 7) is 0. The minimum Gasteiger partial charge on any atom is -0.508 e. The van der Waals surface area contributed by atoms with Gasteiger partial charge in [-0.15, -0.1) is 0 Å². The number of phenolic OH excluding ortho intramolecular Hbond substituents is 1. The minimum absolute atomic E-state index is 0.123. The van der Waals surface area contributed by atoms with Gasteiger partial charge in [-0.3, -0.25) is 0 Å². The molecule has 0 atom stereocenters. The summed E-state index contributed by atoms with van der Waals surface area (Å²) in [6, 6.07) is 6.38. The molecule has 0 aliphatic carbocycles. The second kappa shape index (κ2) is 4.14. The highest BCUT2D eigenvalue weighted by Crippen LogP contribution is 2.27. The van der Waals surface area contributed by atoms with Crippen molar-refractivity contribution >= 4 is 11.6 Å². The van der Waals surface area contributed by atoms with Gasteiger partial charge in [-0.25, -0.2) is 9.97 Å². The molecular formula is C10H7ClN2O2. The molecule has 1 aromatic heterocycles. The molecule has 4 nitrogen and oxygen atoms in total. The van der Waals surface area contributed by atoms with Gasteiger partial charge in [0.25, 0.3) is 0 Å². The molecule has 0 radical (unpaired) electrons. The van der Waals surface area contributed by atoms with E-state index in [-0.39, 0.29) is 11.6 Å². The smallest absolute Gasteiger partial charge is 0.241 e. The number of halogens is 1. The molecule has 1 heterocycles. The van der Waals surface area contributed by atoms with Crippen molar-refractivity contribution in [3.8, 4) is 17.4 Å². The molecule has 1 aromatic carbocycles. The predicted octanol–water partition coefficient (Wildman–Crippen LogP) is 2.63. The third-order valence-electron chi connectivity index (χ3n) is 1.67. The van der Waals surface area contributed by atoms with Crippen LogP contribution in [0.1, 0.15) is 0 Å². The number of aromatic hydroxyl groups is 1. The fraction of sp³-hybridized carbons (Fsp3) is 0. The summed E-state index contributed by atoms with van der Waals surface area (Å²) in [4.78, 5) is 7.59. The van der Waals surface area contributed by atoms with Crippen LogP contribution in [-0.4, -0.2) is 15.1 Å². The van der Waals surface area contributed by atoms with Crippen molar-refractivity contribution in [2.24, 2.45) is 0 Å². The van der Waals surface area contributed by atoms with Crippen LogP contribution in [0.2, 0.25) is 5.02 Å². The molecule has 0 saturated heterocycles. The zero-order valence-electron chi connectivity index (χ0n) is 7.59. The number of hydrogen-bond donors (Lipinski definition) is 1. The number of phenols is 1. The fourth-order valence-corrected chi connectivity index (χ4v) is 1.18. The van der Waals surface area contributed by atoms with Crippen molar-refractivity contribution in [2.45, 2.75) is 0 Å². The number of hydrogen-bond acceptors (Lipinski definition) is 4. The van der Waals surface area contributed by atoms with Crippen LogP contribution in [0.25, 0.3) is 0 Å². The molecular weight excluding hydrogens is 216 g/mol. The first-order chi connectivity index (χ1) is 7.25. The highest BCUT2D eigenvalue weighted by Gasteiger charge is 2.04. The van der Waals surface area contributed by atoms with E-state index >= 15 is 0 Å². The van der Waals surface area contributed by atoms with E-state index in [1.807, 2.05) is 0 Å². The van der Waals surface area contributed by atoms with Crippen LogP contribution in [0.3, 0.4) is 0 Å². The molecule has 0 bridgehead atoms. The summed E-state index contributed by atoms with van der Waals surface area (Å²) in [7, 11) is 0. The monoisotopic (exact) mass is 222 g/mol. The van der Waals surface area contributed by atoms with E-state index in [0.29, 0.717) is 10.8 Å². The van der Waals surface area contributed by atoms with Crippen LogP contribution in [0.15, 0.2) is 36.8 Å². The molecule has 5 heteroatoms. The topological polar surface area (TPSA) is 55.2 Å². The van der Waals surface area contributed by atoms with E-state index in [1.165, 1.54) is 18.6 Å². The van der Waals surface area contributed by atoms with Crippen LogP contribution in [0.5, 0.6) is 17.4 Å². The first-order valence-corrected chi connectivity index (χ1v) is 4.56. The predicted molar refractivity (Wildman–Crippen MR) is 55.2 cm³/mol. The van der Waals surface area contributed by atoms with Gasteiger partial charge in [-0.2, -0.15) is 0 Å². The van der Waals surface area contributed by atoms with Gasteiger partial charge >= 0.3 is 0 Å². The van der Waals surface area contributed by atoms with Crippen molar-refractivity contribution < 1.29 is 9.84 Å². The van der Waals surface area contributed by atoms with Gasteiger partial charge in [0.15, 0.2) is 0 Å². The van der Waals surface area contributed by atoms with Crippen LogP contribution >= 0.6 is 11.6 Å². The zero-order chi connectivity index (χ0) is 10.7. The highest BCUT2D eigenvalue weighted by atomic mass is 35.5. The van der Waals surface area contributed by atoms with Crippen LogP contribution in [-0.2, 0) is 0 Å². The Kier molecular flexibility index (Phi) is 2.69. The van der Waals surface area contributed by atoms with Crippen molar-refractivity contribution in [3.05, 3.63) is 41.8 Å². The summed E-state index contributed by atoms with van der Waals surface area (Å²) in [5.41, 5.74) is 0. The van der Waals surface area contributed by atoms with Gasteiger partial charge in [-0.1, -0.05) is 17.7 Å². The Balaban J connectivity index is 2.26. The van der Waals surface area contributed by atoms with Gasteiger partial charge in [0.1, 0.15) is 22.8 Å². The summed E-state index contributed by atoms with van der Waals surface area (Å²) in [5.74, 6) is 0.852. The maximum atomic E-state index is 9.21. The third-order valence-corrected chi connectivity index (χ3v) is 1.93. The van der Waals surface area contributed by atoms with Crippen molar-refractivity contribution in [2.75, 3.05) is 0 Å². The van der Waals surface area contributed by atoms with E-state index < -0.39 is 0 Å². The second-order valence-corrected chi connectivity index (χ2v) is 3.18. The van der Waals surface area contributed by atoms with E-state index in [4.69, 9.17) is 16.3 Å². The lowest BCUT2D eigenvalue weighted by molar-refractivity contribution is 0.445. The number of nitrogens with zero attached hydrogens (tertiary/aromatic N) is 2. The van der Waals surface area contributed by atoms with Gasteiger partial charge in [0, 0.05) is 6.07 Å². The van der Waals surface area contributed by atoms with E-state index in [1.54, 1.807) is 18.2 Å². The zero-order valence-corrected chi connectivity index (χ0v) is 8.35. The Morgan fingerprint density at radius 3 is 2.93 bits per heavy atom. The Labute approximate surface area is 91.1 Å². The molecule has 0 aliphatic rings.